The molecule has 1 aromatic heterocycles. The quantitative estimate of drug-likeness (QED) is 0.154. The lowest BCUT2D eigenvalue weighted by atomic mass is 9.62. The zero-order valence-corrected chi connectivity index (χ0v) is 33.6. The zero-order valence-electron chi connectivity index (χ0n) is 31.8. The van der Waals surface area contributed by atoms with Crippen molar-refractivity contribution in [1.29, 1.82) is 0 Å². The first kappa shape index (κ1) is 32.1. The van der Waals surface area contributed by atoms with Gasteiger partial charge in [0, 0.05) is 26.3 Å². The van der Waals surface area contributed by atoms with Crippen LogP contribution in [0.5, 0.6) is 0 Å². The molecule has 14 rings (SSSR count). The van der Waals surface area contributed by atoms with Gasteiger partial charge in [0.2, 0.25) is 0 Å². The topological polar surface area (TPSA) is 16.4 Å². The molecule has 2 nitrogen and oxygen atoms in total. The van der Waals surface area contributed by atoms with Gasteiger partial charge >= 0.3 is 0 Å². The van der Waals surface area contributed by atoms with Crippen molar-refractivity contribution in [2.24, 2.45) is 0 Å². The number of hydrogen-bond acceptors (Lipinski definition) is 3. The maximum Gasteiger partial charge on any atom is 0.182 e. The summed E-state index contributed by atoms with van der Waals surface area (Å²) < 4.78 is 6.52. The van der Waals surface area contributed by atoms with Crippen LogP contribution in [0.25, 0.3) is 44.2 Å². The van der Waals surface area contributed by atoms with Gasteiger partial charge in [-0.3, -0.25) is 0 Å². The number of anilines is 3. The molecule has 0 N–H and O–H groups in total. The van der Waals surface area contributed by atoms with E-state index in [1.165, 1.54) is 97.5 Å². The molecule has 0 atom stereocenters. The molecule has 2 spiro atoms. The summed E-state index contributed by atoms with van der Waals surface area (Å²) in [7, 11) is -2.64. The first-order valence-corrected chi connectivity index (χ1v) is 23.2. The molecule has 0 saturated heterocycles. The third-order valence-electron chi connectivity index (χ3n) is 13.7. The summed E-state index contributed by atoms with van der Waals surface area (Å²) in [6.07, 6.45) is 0. The molecule has 10 aromatic rings. The van der Waals surface area contributed by atoms with E-state index in [1.54, 1.807) is 0 Å². The fraction of sp³-hybridized carbons (Fsp3) is 0.0182. The van der Waals surface area contributed by atoms with Gasteiger partial charge < -0.3 is 9.32 Å². The Kier molecular flexibility index (Phi) is 6.22. The first-order chi connectivity index (χ1) is 29.3. The predicted octanol–water partition coefficient (Wildman–Crippen LogP) is 11.6. The van der Waals surface area contributed by atoms with E-state index in [1.807, 2.05) is 11.8 Å². The second-order valence-corrected chi connectivity index (χ2v) is 21.0. The molecular weight excluding hydrogens is 751 g/mol. The molecule has 4 aliphatic rings. The molecule has 4 heteroatoms. The Morgan fingerprint density at radius 1 is 0.424 bits per heavy atom. The molecule has 0 amide bonds. The highest BCUT2D eigenvalue weighted by Crippen LogP contribution is 2.64. The van der Waals surface area contributed by atoms with Crippen molar-refractivity contribution in [3.05, 3.63) is 222 Å². The Balaban J connectivity index is 1.07. The molecule has 274 valence electrons. The number of nitrogens with zero attached hydrogens (tertiary/aromatic N) is 1. The standard InChI is InChI=1S/C55H33NOSSi/c1-10-24-46-39(18-1)53-47(57-46)32-31-43-54(53)58-48-25-11-7-21-42(48)55(43)40-19-5-8-22-44(40)56(45-23-9-6-20-41(45)55)34-29-30-38-37-17-4-14-28-51(37)59(52(38)33-34)49-26-12-2-15-35(49)36-16-3-13-27-50(36)59/h1-33H. The highest BCUT2D eigenvalue weighted by atomic mass is 32.2. The third-order valence-corrected chi connectivity index (χ3v) is 19.9. The van der Waals surface area contributed by atoms with Crippen LogP contribution < -0.4 is 25.6 Å². The van der Waals surface area contributed by atoms with Crippen LogP contribution in [0.1, 0.15) is 22.3 Å². The molecule has 0 bridgehead atoms. The molecule has 9 aromatic carbocycles. The lowest BCUT2D eigenvalue weighted by Crippen LogP contribution is -2.70. The minimum absolute atomic E-state index is 0.570. The minimum Gasteiger partial charge on any atom is -0.456 e. The van der Waals surface area contributed by atoms with Gasteiger partial charge in [-0.25, -0.2) is 0 Å². The van der Waals surface area contributed by atoms with Crippen molar-refractivity contribution in [2.45, 2.75) is 15.2 Å². The number of fused-ring (bicyclic) bond motifs is 22. The molecule has 0 saturated carbocycles. The van der Waals surface area contributed by atoms with Crippen LogP contribution in [0, 0.1) is 0 Å². The maximum atomic E-state index is 6.52. The van der Waals surface area contributed by atoms with E-state index < -0.39 is 13.5 Å². The van der Waals surface area contributed by atoms with Crippen LogP contribution >= 0.6 is 11.8 Å². The van der Waals surface area contributed by atoms with Crippen LogP contribution in [0.2, 0.25) is 0 Å². The molecule has 59 heavy (non-hydrogen) atoms. The zero-order chi connectivity index (χ0) is 38.5. The molecule has 0 unspecified atom stereocenters. The normalized spacial score (nSPS) is 15.3. The monoisotopic (exact) mass is 783 g/mol. The molecule has 5 heterocycles. The number of benzene rings is 9. The average Bonchev–Trinajstić information content (AvgIpc) is 3.93. The summed E-state index contributed by atoms with van der Waals surface area (Å²) in [5.41, 5.74) is 15.6. The van der Waals surface area contributed by atoms with Gasteiger partial charge in [-0.15, -0.1) is 0 Å². The Bertz CT molecular complexity index is 3360. The average molecular weight is 784 g/mol. The van der Waals surface area contributed by atoms with Gasteiger partial charge in [0.1, 0.15) is 11.2 Å². The summed E-state index contributed by atoms with van der Waals surface area (Å²) in [4.78, 5) is 5.10. The van der Waals surface area contributed by atoms with Crippen molar-refractivity contribution >= 4 is 79.6 Å². The Labute approximate surface area is 347 Å². The van der Waals surface area contributed by atoms with Gasteiger partial charge in [0.25, 0.3) is 0 Å². The lowest BCUT2D eigenvalue weighted by molar-refractivity contribution is 0.664. The fourth-order valence-corrected chi connectivity index (χ4v) is 18.6. The van der Waals surface area contributed by atoms with Gasteiger partial charge in [0.15, 0.2) is 8.07 Å². The molecule has 0 aliphatic carbocycles. The number of para-hydroxylation sites is 3. The van der Waals surface area contributed by atoms with E-state index in [4.69, 9.17) is 4.42 Å². The summed E-state index contributed by atoms with van der Waals surface area (Å²) in [5, 5.41) is 8.31. The van der Waals surface area contributed by atoms with Gasteiger partial charge in [-0.2, -0.15) is 0 Å². The Hall–Kier alpha value is -6.85. The van der Waals surface area contributed by atoms with E-state index >= 15 is 0 Å². The minimum atomic E-state index is -2.64. The smallest absolute Gasteiger partial charge is 0.182 e. The van der Waals surface area contributed by atoms with Crippen LogP contribution in [-0.4, -0.2) is 8.07 Å². The SMILES string of the molecule is c1ccc2c(c1)Sc1c(ccc3oc4ccccc4c13)C21c2ccccc2N(c2ccc3c(c2)[Si]2(c4ccccc4-c4ccccc42)c2ccccc2-3)c2ccccc21. The second kappa shape index (κ2) is 11.4. The molecular formula is C55H33NOSSi. The predicted molar refractivity (Wildman–Crippen MR) is 246 cm³/mol. The fourth-order valence-electron chi connectivity index (χ4n) is 11.6. The van der Waals surface area contributed by atoms with Gasteiger partial charge in [-0.1, -0.05) is 169 Å². The number of hydrogen-bond donors (Lipinski definition) is 0. The van der Waals surface area contributed by atoms with Crippen LogP contribution in [0.3, 0.4) is 0 Å². The van der Waals surface area contributed by atoms with Crippen molar-refractivity contribution < 1.29 is 4.42 Å². The highest BCUT2D eigenvalue weighted by molar-refractivity contribution is 7.99. The van der Waals surface area contributed by atoms with Gasteiger partial charge in [0.05, 0.1) is 16.8 Å². The van der Waals surface area contributed by atoms with Crippen molar-refractivity contribution in [2.75, 3.05) is 4.90 Å². The third kappa shape index (κ3) is 3.81. The van der Waals surface area contributed by atoms with E-state index in [9.17, 15) is 0 Å². The van der Waals surface area contributed by atoms with E-state index in [-0.39, 0.29) is 0 Å². The largest absolute Gasteiger partial charge is 0.456 e. The van der Waals surface area contributed by atoms with Crippen molar-refractivity contribution in [1.82, 2.24) is 0 Å². The van der Waals surface area contributed by atoms with Gasteiger partial charge in [-0.05, 0) is 108 Å². The summed E-state index contributed by atoms with van der Waals surface area (Å²) in [6, 6.07) is 75.5. The second-order valence-electron chi connectivity index (χ2n) is 16.2. The lowest BCUT2D eigenvalue weighted by Gasteiger charge is -2.49. The Morgan fingerprint density at radius 2 is 0.966 bits per heavy atom. The molecule has 0 fully saturated rings. The van der Waals surface area contributed by atoms with E-state index in [2.05, 4.69) is 205 Å². The van der Waals surface area contributed by atoms with Crippen LogP contribution in [-0.2, 0) is 5.41 Å². The summed E-state index contributed by atoms with van der Waals surface area (Å²) in [6.45, 7) is 0. The van der Waals surface area contributed by atoms with Crippen LogP contribution in [0.4, 0.5) is 17.1 Å². The summed E-state index contributed by atoms with van der Waals surface area (Å²) in [5.74, 6) is 0. The first-order valence-electron chi connectivity index (χ1n) is 20.4. The highest BCUT2D eigenvalue weighted by Gasteiger charge is 2.55. The van der Waals surface area contributed by atoms with E-state index in [0.29, 0.717) is 0 Å². The Morgan fingerprint density at radius 3 is 1.64 bits per heavy atom. The van der Waals surface area contributed by atoms with Crippen molar-refractivity contribution in [3.8, 4) is 22.3 Å². The van der Waals surface area contributed by atoms with Crippen LogP contribution in [0.15, 0.2) is 214 Å². The number of furan rings is 1. The molecule has 0 radical (unpaired) electrons. The maximum absolute atomic E-state index is 6.52. The van der Waals surface area contributed by atoms with Crippen molar-refractivity contribution in [3.63, 3.8) is 0 Å². The van der Waals surface area contributed by atoms with E-state index in [0.717, 1.165) is 16.6 Å². The number of rotatable bonds is 1. The molecule has 4 aliphatic heterocycles. The summed E-state index contributed by atoms with van der Waals surface area (Å²) >= 11 is 1.88.